The monoisotopic (exact) mass is 410 g/mol. The molecular formula is C24H18N4O3. The number of carbonyl (C=O) groups is 2. The molecule has 0 aliphatic carbocycles. The summed E-state index contributed by atoms with van der Waals surface area (Å²) in [5.41, 5.74) is 4.54. The number of nitrogens with one attached hydrogen (secondary N) is 1. The first-order valence-electron chi connectivity index (χ1n) is 9.52. The highest BCUT2D eigenvalue weighted by molar-refractivity contribution is 6.04. The molecule has 0 radical (unpaired) electrons. The second kappa shape index (κ2) is 8.96. The zero-order valence-corrected chi connectivity index (χ0v) is 16.6. The number of hydrazone groups is 1. The molecule has 4 rings (SSSR count). The van der Waals surface area contributed by atoms with Gasteiger partial charge in [-0.15, -0.1) is 0 Å². The summed E-state index contributed by atoms with van der Waals surface area (Å²) in [6.07, 6.45) is 5.70. The van der Waals surface area contributed by atoms with Crippen molar-refractivity contribution in [3.63, 3.8) is 0 Å². The highest BCUT2D eigenvalue weighted by Crippen LogP contribution is 2.27. The number of ether oxygens (including phenoxy) is 1. The summed E-state index contributed by atoms with van der Waals surface area (Å²) in [5, 5.41) is 5.81. The van der Waals surface area contributed by atoms with E-state index in [2.05, 4.69) is 20.5 Å². The van der Waals surface area contributed by atoms with Crippen molar-refractivity contribution < 1.29 is 14.3 Å². The third-order valence-electron chi connectivity index (χ3n) is 4.54. The van der Waals surface area contributed by atoms with Crippen LogP contribution in [0, 0.1) is 6.92 Å². The minimum atomic E-state index is -0.497. The van der Waals surface area contributed by atoms with Crippen LogP contribution in [-0.2, 0) is 0 Å². The van der Waals surface area contributed by atoms with Crippen molar-refractivity contribution in [3.05, 3.63) is 102 Å². The number of amides is 1. The number of esters is 1. The molecule has 0 atom stereocenters. The molecule has 152 valence electrons. The fraction of sp³-hybridized carbons (Fsp3) is 0.0417. The average Bonchev–Trinajstić information content (AvgIpc) is 2.80. The van der Waals surface area contributed by atoms with Gasteiger partial charge in [0.1, 0.15) is 11.4 Å². The minimum absolute atomic E-state index is 0.142. The Bertz CT molecular complexity index is 1290. The molecule has 1 amide bonds. The largest absolute Gasteiger partial charge is 0.422 e. The summed E-state index contributed by atoms with van der Waals surface area (Å²) in [6.45, 7) is 1.91. The van der Waals surface area contributed by atoms with Gasteiger partial charge in [0.15, 0.2) is 0 Å². The van der Waals surface area contributed by atoms with Crippen LogP contribution < -0.4 is 10.2 Å². The van der Waals surface area contributed by atoms with Gasteiger partial charge in [0.2, 0.25) is 0 Å². The number of benzene rings is 3. The fourth-order valence-corrected chi connectivity index (χ4v) is 3.06. The van der Waals surface area contributed by atoms with Crippen molar-refractivity contribution in [1.82, 2.24) is 15.4 Å². The van der Waals surface area contributed by atoms with Crippen LogP contribution in [0.4, 0.5) is 0 Å². The van der Waals surface area contributed by atoms with Gasteiger partial charge in [0.05, 0.1) is 18.0 Å². The van der Waals surface area contributed by atoms with Crippen molar-refractivity contribution >= 4 is 28.9 Å². The van der Waals surface area contributed by atoms with E-state index in [1.165, 1.54) is 24.8 Å². The van der Waals surface area contributed by atoms with Crippen molar-refractivity contribution in [2.75, 3.05) is 0 Å². The summed E-state index contributed by atoms with van der Waals surface area (Å²) in [6, 6.07) is 18.4. The second-order valence-corrected chi connectivity index (χ2v) is 6.75. The molecule has 0 aliphatic rings. The van der Waals surface area contributed by atoms with Crippen LogP contribution in [0.3, 0.4) is 0 Å². The highest BCUT2D eigenvalue weighted by atomic mass is 16.5. The van der Waals surface area contributed by atoms with Crippen molar-refractivity contribution in [2.24, 2.45) is 5.10 Å². The highest BCUT2D eigenvalue weighted by Gasteiger charge is 2.14. The maximum Gasteiger partial charge on any atom is 0.343 e. The molecular weight excluding hydrogens is 392 g/mol. The van der Waals surface area contributed by atoms with Crippen molar-refractivity contribution in [2.45, 2.75) is 6.92 Å². The first-order valence-corrected chi connectivity index (χ1v) is 9.52. The summed E-state index contributed by atoms with van der Waals surface area (Å²) in [7, 11) is 0. The van der Waals surface area contributed by atoms with E-state index in [1.54, 1.807) is 24.3 Å². The minimum Gasteiger partial charge on any atom is -0.422 e. The number of fused-ring (bicyclic) bond motifs is 1. The lowest BCUT2D eigenvalue weighted by atomic mass is 10.0. The van der Waals surface area contributed by atoms with E-state index >= 15 is 0 Å². The van der Waals surface area contributed by atoms with Gasteiger partial charge in [-0.2, -0.15) is 5.10 Å². The molecule has 1 N–H and O–H groups in total. The maximum atomic E-state index is 12.7. The fourth-order valence-electron chi connectivity index (χ4n) is 3.06. The summed E-state index contributed by atoms with van der Waals surface area (Å²) in [5.74, 6) is -0.636. The molecule has 0 saturated carbocycles. The predicted molar refractivity (Wildman–Crippen MR) is 117 cm³/mol. The second-order valence-electron chi connectivity index (χ2n) is 6.75. The zero-order chi connectivity index (χ0) is 21.6. The number of aryl methyl sites for hydroxylation is 1. The van der Waals surface area contributed by atoms with Crippen molar-refractivity contribution in [3.8, 4) is 5.75 Å². The molecule has 1 heterocycles. The Morgan fingerprint density at radius 3 is 2.71 bits per heavy atom. The van der Waals surface area contributed by atoms with Gasteiger partial charge >= 0.3 is 5.97 Å². The molecule has 0 unspecified atom stereocenters. The molecule has 0 bridgehead atoms. The first-order chi connectivity index (χ1) is 15.1. The van der Waals surface area contributed by atoms with Gasteiger partial charge in [-0.25, -0.2) is 15.2 Å². The molecule has 1 aromatic heterocycles. The zero-order valence-electron chi connectivity index (χ0n) is 16.6. The van der Waals surface area contributed by atoms with E-state index in [4.69, 9.17) is 4.74 Å². The molecule has 4 aromatic rings. The normalized spacial score (nSPS) is 10.9. The lowest BCUT2D eigenvalue weighted by molar-refractivity contribution is 0.0734. The number of nitrogens with zero attached hydrogens (tertiary/aromatic N) is 3. The molecule has 0 saturated heterocycles. The number of hydrogen-bond donors (Lipinski definition) is 1. The van der Waals surface area contributed by atoms with Gasteiger partial charge < -0.3 is 4.74 Å². The Hall–Kier alpha value is -4.39. The van der Waals surface area contributed by atoms with Gasteiger partial charge in [-0.05, 0) is 35.9 Å². The Labute approximate surface area is 178 Å². The van der Waals surface area contributed by atoms with Crippen LogP contribution >= 0.6 is 0 Å². The van der Waals surface area contributed by atoms with E-state index in [-0.39, 0.29) is 5.69 Å². The quantitative estimate of drug-likeness (QED) is 0.233. The Morgan fingerprint density at radius 2 is 1.90 bits per heavy atom. The van der Waals surface area contributed by atoms with Gasteiger partial charge in [0.25, 0.3) is 5.91 Å². The Balaban J connectivity index is 1.64. The van der Waals surface area contributed by atoms with Crippen LogP contribution in [0.15, 0.2) is 84.4 Å². The molecule has 0 aliphatic heterocycles. The molecule has 7 heteroatoms. The number of carbonyl (C=O) groups excluding carboxylic acids is 2. The van der Waals surface area contributed by atoms with Crippen LogP contribution in [0.1, 0.15) is 32.0 Å². The summed E-state index contributed by atoms with van der Waals surface area (Å²) in [4.78, 5) is 32.6. The van der Waals surface area contributed by atoms with E-state index in [0.717, 1.165) is 16.3 Å². The third-order valence-corrected chi connectivity index (χ3v) is 4.54. The molecule has 7 nitrogen and oxygen atoms in total. The van der Waals surface area contributed by atoms with Crippen LogP contribution in [0.2, 0.25) is 0 Å². The van der Waals surface area contributed by atoms with E-state index in [1.807, 2.05) is 43.3 Å². The lowest BCUT2D eigenvalue weighted by Crippen LogP contribution is -2.19. The Kier molecular flexibility index (Phi) is 5.75. The molecule has 3 aromatic carbocycles. The van der Waals surface area contributed by atoms with E-state index in [9.17, 15) is 9.59 Å². The predicted octanol–water partition coefficient (Wildman–Crippen LogP) is 3.92. The van der Waals surface area contributed by atoms with Gasteiger partial charge in [0, 0.05) is 18.0 Å². The van der Waals surface area contributed by atoms with Crippen LogP contribution in [-0.4, -0.2) is 28.1 Å². The first kappa shape index (κ1) is 19.9. The lowest BCUT2D eigenvalue weighted by Gasteiger charge is -2.11. The smallest absolute Gasteiger partial charge is 0.343 e. The summed E-state index contributed by atoms with van der Waals surface area (Å²) >= 11 is 0. The summed E-state index contributed by atoms with van der Waals surface area (Å²) < 4.78 is 5.67. The standard InChI is InChI=1S/C24H18N4O3/c1-16-5-4-7-18(13-16)24(30)31-22-10-9-17-6-2-3-8-19(17)20(22)14-27-28-23(29)21-15-25-11-12-26-21/h2-15H,1H3,(H,28,29)/b27-14-. The maximum absolute atomic E-state index is 12.7. The average molecular weight is 410 g/mol. The topological polar surface area (TPSA) is 93.5 Å². The van der Waals surface area contributed by atoms with Crippen LogP contribution in [0.5, 0.6) is 5.75 Å². The van der Waals surface area contributed by atoms with E-state index in [0.29, 0.717) is 16.9 Å². The van der Waals surface area contributed by atoms with Gasteiger partial charge in [-0.1, -0.05) is 48.0 Å². The molecule has 31 heavy (non-hydrogen) atoms. The van der Waals surface area contributed by atoms with Crippen molar-refractivity contribution in [1.29, 1.82) is 0 Å². The molecule has 0 spiro atoms. The third kappa shape index (κ3) is 4.62. The number of aromatic nitrogens is 2. The molecule has 0 fully saturated rings. The SMILES string of the molecule is Cc1cccc(C(=O)Oc2ccc3ccccc3c2/C=N\NC(=O)c2cnccn2)c1. The van der Waals surface area contributed by atoms with Gasteiger partial charge in [-0.3, -0.25) is 9.78 Å². The number of rotatable bonds is 5. The van der Waals surface area contributed by atoms with E-state index < -0.39 is 11.9 Å². The number of hydrogen-bond acceptors (Lipinski definition) is 6. The van der Waals surface area contributed by atoms with Crippen LogP contribution in [0.25, 0.3) is 10.8 Å². The Morgan fingerprint density at radius 1 is 1.03 bits per heavy atom.